The topological polar surface area (TPSA) is 105 Å². The Labute approximate surface area is 75.9 Å². The van der Waals surface area contributed by atoms with E-state index >= 15 is 0 Å². The second-order valence-electron chi connectivity index (χ2n) is 2.95. The van der Waals surface area contributed by atoms with Crippen LogP contribution in [-0.4, -0.2) is 22.6 Å². The second-order valence-corrected chi connectivity index (χ2v) is 2.95. The lowest BCUT2D eigenvalue weighted by Crippen LogP contribution is -2.79. The molecule has 0 fully saturated rings. The molecule has 0 aromatic carbocycles. The molecule has 0 aliphatic carbocycles. The maximum atomic E-state index is 10.6. The van der Waals surface area contributed by atoms with E-state index in [4.69, 9.17) is 5.11 Å². The standard InChI is InChI=1S/C8H13NO4/c1-2-4-8(9,7(12)13)5-3-6(10)11/h2H,1,3-5,9H2,(H,10,11)(H,12,13). The molecule has 0 spiro atoms. The molecule has 0 aromatic heterocycles. The third kappa shape index (κ3) is 3.71. The Morgan fingerprint density at radius 2 is 2.15 bits per heavy atom. The van der Waals surface area contributed by atoms with Crippen molar-refractivity contribution in [2.24, 2.45) is 0 Å². The van der Waals surface area contributed by atoms with Crippen LogP contribution in [0, 0.1) is 0 Å². The van der Waals surface area contributed by atoms with E-state index in [0.29, 0.717) is 0 Å². The first-order valence-electron chi connectivity index (χ1n) is 3.82. The third-order valence-electron chi connectivity index (χ3n) is 1.79. The van der Waals surface area contributed by atoms with E-state index in [2.05, 4.69) is 12.3 Å². The lowest BCUT2D eigenvalue weighted by Gasteiger charge is -2.24. The molecule has 0 radical (unpaired) electrons. The van der Waals surface area contributed by atoms with Gasteiger partial charge in [-0.05, 0) is 0 Å². The Bertz CT molecular complexity index is 226. The van der Waals surface area contributed by atoms with Crippen LogP contribution < -0.4 is 10.8 Å². The number of quaternary nitrogens is 1. The van der Waals surface area contributed by atoms with Crippen molar-refractivity contribution < 1.29 is 25.5 Å². The zero-order valence-corrected chi connectivity index (χ0v) is 7.28. The second kappa shape index (κ2) is 4.61. The van der Waals surface area contributed by atoms with Gasteiger partial charge in [-0.15, -0.1) is 6.58 Å². The molecule has 4 N–H and O–H groups in total. The van der Waals surface area contributed by atoms with E-state index in [1.807, 2.05) is 0 Å². The predicted molar refractivity (Wildman–Crippen MR) is 42.3 cm³/mol. The van der Waals surface area contributed by atoms with E-state index in [9.17, 15) is 14.7 Å². The monoisotopic (exact) mass is 187 g/mol. The molecule has 5 heteroatoms. The Balaban J connectivity index is 4.32. The maximum absolute atomic E-state index is 10.6. The van der Waals surface area contributed by atoms with Crippen LogP contribution in [0.25, 0.3) is 0 Å². The van der Waals surface area contributed by atoms with Crippen molar-refractivity contribution in [3.8, 4) is 0 Å². The van der Waals surface area contributed by atoms with Crippen LogP contribution >= 0.6 is 0 Å². The average Bonchev–Trinajstić information content (AvgIpc) is 2.01. The van der Waals surface area contributed by atoms with Gasteiger partial charge in [0.2, 0.25) is 0 Å². The summed E-state index contributed by atoms with van der Waals surface area (Å²) in [6, 6.07) is 0. The number of carboxylic acids is 2. The third-order valence-corrected chi connectivity index (χ3v) is 1.79. The summed E-state index contributed by atoms with van der Waals surface area (Å²) in [6.45, 7) is 3.38. The minimum atomic E-state index is -1.36. The summed E-state index contributed by atoms with van der Waals surface area (Å²) in [4.78, 5) is 20.8. The van der Waals surface area contributed by atoms with Crippen molar-refractivity contribution in [1.82, 2.24) is 0 Å². The maximum Gasteiger partial charge on any atom is 0.303 e. The van der Waals surface area contributed by atoms with Crippen molar-refractivity contribution in [2.75, 3.05) is 0 Å². The quantitative estimate of drug-likeness (QED) is 0.476. The molecule has 0 aromatic rings. The molecule has 0 amide bonds. The first kappa shape index (κ1) is 11.6. The lowest BCUT2D eigenvalue weighted by atomic mass is 9.91. The molecule has 74 valence electrons. The normalized spacial score (nSPS) is 14.5. The molecule has 1 atom stereocenters. The smallest absolute Gasteiger partial charge is 0.303 e. The van der Waals surface area contributed by atoms with E-state index in [-0.39, 0.29) is 19.3 Å². The van der Waals surface area contributed by atoms with Gasteiger partial charge in [-0.3, -0.25) is 4.79 Å². The number of carbonyl (C=O) groups is 2. The van der Waals surface area contributed by atoms with Gasteiger partial charge in [-0.1, -0.05) is 6.08 Å². The highest BCUT2D eigenvalue weighted by Crippen LogP contribution is 2.11. The van der Waals surface area contributed by atoms with Crippen LogP contribution in [0.1, 0.15) is 19.3 Å². The Hall–Kier alpha value is -1.36. The average molecular weight is 187 g/mol. The summed E-state index contributed by atoms with van der Waals surface area (Å²) >= 11 is 0. The highest BCUT2D eigenvalue weighted by molar-refractivity contribution is 5.76. The summed E-state index contributed by atoms with van der Waals surface area (Å²) in [5.74, 6) is -2.38. The van der Waals surface area contributed by atoms with Crippen LogP contribution in [0.15, 0.2) is 12.7 Å². The van der Waals surface area contributed by atoms with Gasteiger partial charge in [0.15, 0.2) is 0 Å². The number of rotatable bonds is 6. The van der Waals surface area contributed by atoms with Crippen molar-refractivity contribution in [2.45, 2.75) is 24.8 Å². The fourth-order valence-corrected chi connectivity index (χ4v) is 0.910. The molecule has 0 bridgehead atoms. The molecular weight excluding hydrogens is 174 g/mol. The van der Waals surface area contributed by atoms with Crippen molar-refractivity contribution >= 4 is 11.9 Å². The predicted octanol–water partition coefficient (Wildman–Crippen LogP) is -1.84. The van der Waals surface area contributed by atoms with Gasteiger partial charge < -0.3 is 20.7 Å². The van der Waals surface area contributed by atoms with E-state index in [1.165, 1.54) is 6.08 Å². The van der Waals surface area contributed by atoms with Gasteiger partial charge in [0.25, 0.3) is 0 Å². The van der Waals surface area contributed by atoms with Gasteiger partial charge >= 0.3 is 5.97 Å². The fraction of sp³-hybridized carbons (Fsp3) is 0.500. The fourth-order valence-electron chi connectivity index (χ4n) is 0.910. The van der Waals surface area contributed by atoms with E-state index in [1.54, 1.807) is 0 Å². The summed E-state index contributed by atoms with van der Waals surface area (Å²) in [5.41, 5.74) is 2.07. The zero-order chi connectivity index (χ0) is 10.5. The molecular formula is C8H13NO4. The Morgan fingerprint density at radius 1 is 1.62 bits per heavy atom. The molecule has 13 heavy (non-hydrogen) atoms. The summed E-state index contributed by atoms with van der Waals surface area (Å²) in [5, 5.41) is 19.0. The Morgan fingerprint density at radius 3 is 2.46 bits per heavy atom. The number of carboxylic acid groups (broad SMARTS) is 2. The molecule has 0 aliphatic rings. The zero-order valence-electron chi connectivity index (χ0n) is 7.28. The van der Waals surface area contributed by atoms with Crippen molar-refractivity contribution in [1.29, 1.82) is 0 Å². The largest absolute Gasteiger partial charge is 0.544 e. The SMILES string of the molecule is C=CCC([NH3+])(CCC(=O)O)C(=O)[O-]. The summed E-state index contributed by atoms with van der Waals surface area (Å²) in [6.07, 6.45) is 1.23. The summed E-state index contributed by atoms with van der Waals surface area (Å²) < 4.78 is 0. The van der Waals surface area contributed by atoms with Crippen LogP contribution in [0.5, 0.6) is 0 Å². The van der Waals surface area contributed by atoms with Gasteiger partial charge in [-0.2, -0.15) is 0 Å². The summed E-state index contributed by atoms with van der Waals surface area (Å²) in [7, 11) is 0. The Kier molecular flexibility index (Phi) is 4.13. The van der Waals surface area contributed by atoms with E-state index < -0.39 is 17.5 Å². The number of hydrogen-bond donors (Lipinski definition) is 2. The van der Waals surface area contributed by atoms with Gasteiger partial charge in [-0.25, -0.2) is 0 Å². The first-order chi connectivity index (χ1) is 5.92. The van der Waals surface area contributed by atoms with Gasteiger partial charge in [0.05, 0.1) is 6.42 Å². The molecule has 5 nitrogen and oxygen atoms in total. The van der Waals surface area contributed by atoms with Crippen LogP contribution in [0.3, 0.4) is 0 Å². The molecule has 0 aliphatic heterocycles. The molecule has 0 saturated carbocycles. The highest BCUT2D eigenvalue weighted by Gasteiger charge is 2.30. The lowest BCUT2D eigenvalue weighted by molar-refractivity contribution is -0.486. The number of aliphatic carboxylic acids is 2. The van der Waals surface area contributed by atoms with Crippen molar-refractivity contribution in [3.05, 3.63) is 12.7 Å². The van der Waals surface area contributed by atoms with Gasteiger partial charge in [0.1, 0.15) is 11.5 Å². The van der Waals surface area contributed by atoms with Crippen LogP contribution in [-0.2, 0) is 9.59 Å². The van der Waals surface area contributed by atoms with Crippen LogP contribution in [0.2, 0.25) is 0 Å². The highest BCUT2D eigenvalue weighted by atomic mass is 16.4. The molecule has 1 unspecified atom stereocenters. The molecule has 0 saturated heterocycles. The molecule has 0 heterocycles. The first-order valence-corrected chi connectivity index (χ1v) is 3.82. The minimum Gasteiger partial charge on any atom is -0.544 e. The molecule has 0 rings (SSSR count). The number of hydrogen-bond acceptors (Lipinski definition) is 3. The van der Waals surface area contributed by atoms with E-state index in [0.717, 1.165) is 0 Å². The number of carbonyl (C=O) groups excluding carboxylic acids is 1. The van der Waals surface area contributed by atoms with Gasteiger partial charge in [0, 0.05) is 12.8 Å². The van der Waals surface area contributed by atoms with Crippen molar-refractivity contribution in [3.63, 3.8) is 0 Å². The minimum absolute atomic E-state index is 0.0450. The van der Waals surface area contributed by atoms with Crippen LogP contribution in [0.4, 0.5) is 0 Å².